The second kappa shape index (κ2) is 6.53. The predicted molar refractivity (Wildman–Crippen MR) is 111 cm³/mol. The van der Waals surface area contributed by atoms with E-state index < -0.39 is 0 Å². The Morgan fingerprint density at radius 2 is 1.50 bits per heavy atom. The summed E-state index contributed by atoms with van der Waals surface area (Å²) >= 11 is 0. The number of hydrogen-bond acceptors (Lipinski definition) is 2. The van der Waals surface area contributed by atoms with Crippen molar-refractivity contribution in [2.45, 2.75) is 39.5 Å². The molecule has 4 aromatic rings. The van der Waals surface area contributed by atoms with Crippen molar-refractivity contribution in [2.24, 2.45) is 0 Å². The first-order valence-corrected chi connectivity index (χ1v) is 9.31. The van der Waals surface area contributed by atoms with Crippen molar-refractivity contribution in [3.63, 3.8) is 0 Å². The van der Waals surface area contributed by atoms with Gasteiger partial charge in [-0.3, -0.25) is 9.97 Å². The first-order chi connectivity index (χ1) is 12.5. The minimum atomic E-state index is 0.447. The van der Waals surface area contributed by atoms with E-state index in [0.717, 1.165) is 5.52 Å². The zero-order chi connectivity index (χ0) is 18.3. The molecule has 0 bridgehead atoms. The molecule has 0 radical (unpaired) electrons. The summed E-state index contributed by atoms with van der Waals surface area (Å²) in [6.45, 7) is 8.91. The van der Waals surface area contributed by atoms with Crippen LogP contribution < -0.4 is 0 Å². The first kappa shape index (κ1) is 16.7. The summed E-state index contributed by atoms with van der Waals surface area (Å²) in [6, 6.07) is 15.4. The number of benzene rings is 2. The average molecular weight is 340 g/mol. The molecule has 0 amide bonds. The Kier molecular flexibility index (Phi) is 4.20. The maximum Gasteiger partial charge on any atom is 0.0736 e. The fourth-order valence-electron chi connectivity index (χ4n) is 3.68. The Balaban J connectivity index is 1.92. The van der Waals surface area contributed by atoms with Gasteiger partial charge in [-0.1, -0.05) is 52.0 Å². The second-order valence-electron chi connectivity index (χ2n) is 7.61. The van der Waals surface area contributed by atoms with E-state index in [0.29, 0.717) is 11.8 Å². The molecule has 2 heterocycles. The van der Waals surface area contributed by atoms with Gasteiger partial charge in [-0.15, -0.1) is 0 Å². The second-order valence-corrected chi connectivity index (χ2v) is 7.61. The summed E-state index contributed by atoms with van der Waals surface area (Å²) in [7, 11) is 0. The third-order valence-corrected chi connectivity index (χ3v) is 5.11. The van der Waals surface area contributed by atoms with Gasteiger partial charge in [-0.05, 0) is 52.1 Å². The molecule has 2 aromatic heterocycles. The van der Waals surface area contributed by atoms with E-state index in [1.165, 1.54) is 38.4 Å². The maximum absolute atomic E-state index is 4.82. The van der Waals surface area contributed by atoms with E-state index in [2.05, 4.69) is 75.1 Å². The molecule has 130 valence electrons. The lowest BCUT2D eigenvalue weighted by Gasteiger charge is -2.14. The molecule has 0 fully saturated rings. The van der Waals surface area contributed by atoms with Crippen LogP contribution in [-0.4, -0.2) is 9.97 Å². The van der Waals surface area contributed by atoms with Crippen molar-refractivity contribution in [3.05, 3.63) is 72.2 Å². The summed E-state index contributed by atoms with van der Waals surface area (Å²) in [6.07, 6.45) is 5.85. The van der Waals surface area contributed by atoms with Crippen LogP contribution in [-0.2, 0) is 0 Å². The molecule has 0 saturated carbocycles. The van der Waals surface area contributed by atoms with Crippen molar-refractivity contribution in [2.75, 3.05) is 0 Å². The van der Waals surface area contributed by atoms with Gasteiger partial charge in [-0.25, -0.2) is 0 Å². The Morgan fingerprint density at radius 3 is 2.27 bits per heavy atom. The van der Waals surface area contributed by atoms with Crippen LogP contribution in [0.15, 0.2) is 61.1 Å². The van der Waals surface area contributed by atoms with Crippen LogP contribution in [0.2, 0.25) is 0 Å². The number of para-hydroxylation sites is 1. The number of fused-ring (bicyclic) bond motifs is 2. The van der Waals surface area contributed by atoms with Gasteiger partial charge in [0.2, 0.25) is 0 Å². The molecule has 0 aliphatic rings. The molecule has 0 spiro atoms. The molecule has 0 aliphatic carbocycles. The summed E-state index contributed by atoms with van der Waals surface area (Å²) in [5.74, 6) is 0.917. The van der Waals surface area contributed by atoms with Crippen LogP contribution in [0.5, 0.6) is 0 Å². The Labute approximate surface area is 154 Å². The topological polar surface area (TPSA) is 25.8 Å². The summed E-state index contributed by atoms with van der Waals surface area (Å²) < 4.78 is 0. The highest BCUT2D eigenvalue weighted by atomic mass is 14.7. The molecule has 0 unspecified atom stereocenters. The van der Waals surface area contributed by atoms with Gasteiger partial charge >= 0.3 is 0 Å². The van der Waals surface area contributed by atoms with E-state index in [9.17, 15) is 0 Å². The van der Waals surface area contributed by atoms with Crippen molar-refractivity contribution in [1.29, 1.82) is 0 Å². The zero-order valence-electron chi connectivity index (χ0n) is 15.8. The quantitative estimate of drug-likeness (QED) is 0.415. The largest absolute Gasteiger partial charge is 0.264 e. The third kappa shape index (κ3) is 2.86. The standard InChI is InChI=1S/C24H24N2/c1-15(2)21-7-5-6-18-11-20(13-26-24(18)21)19-10-17-8-9-25-14-23(17)22(12-19)16(3)4/h5-16H,1-4H3. The highest BCUT2D eigenvalue weighted by Gasteiger charge is 2.11. The van der Waals surface area contributed by atoms with Gasteiger partial charge < -0.3 is 0 Å². The summed E-state index contributed by atoms with van der Waals surface area (Å²) in [4.78, 5) is 9.13. The van der Waals surface area contributed by atoms with Gasteiger partial charge in [0.1, 0.15) is 0 Å². The van der Waals surface area contributed by atoms with Crippen LogP contribution >= 0.6 is 0 Å². The summed E-state index contributed by atoms with van der Waals surface area (Å²) in [5, 5.41) is 3.67. The SMILES string of the molecule is CC(C)c1cc(-c2cnc3c(C(C)C)cccc3c2)cc2ccncc12. The van der Waals surface area contributed by atoms with Crippen molar-refractivity contribution >= 4 is 21.7 Å². The van der Waals surface area contributed by atoms with E-state index in [1.54, 1.807) is 0 Å². The molecule has 2 nitrogen and oxygen atoms in total. The summed E-state index contributed by atoms with van der Waals surface area (Å²) in [5.41, 5.74) is 6.14. The van der Waals surface area contributed by atoms with Crippen LogP contribution in [0.25, 0.3) is 32.8 Å². The molecule has 0 atom stereocenters. The Morgan fingerprint density at radius 1 is 0.731 bits per heavy atom. The first-order valence-electron chi connectivity index (χ1n) is 9.31. The lowest BCUT2D eigenvalue weighted by Crippen LogP contribution is -1.94. The molecule has 4 rings (SSSR count). The van der Waals surface area contributed by atoms with E-state index in [4.69, 9.17) is 4.98 Å². The van der Waals surface area contributed by atoms with Crippen molar-refractivity contribution < 1.29 is 0 Å². The van der Waals surface area contributed by atoms with E-state index in [1.807, 2.05) is 18.6 Å². The molecule has 0 saturated heterocycles. The van der Waals surface area contributed by atoms with Crippen LogP contribution in [0.4, 0.5) is 0 Å². The van der Waals surface area contributed by atoms with E-state index >= 15 is 0 Å². The fraction of sp³-hybridized carbons (Fsp3) is 0.250. The molecule has 2 heteroatoms. The smallest absolute Gasteiger partial charge is 0.0736 e. The van der Waals surface area contributed by atoms with Gasteiger partial charge in [0.05, 0.1) is 5.52 Å². The molecule has 0 N–H and O–H groups in total. The third-order valence-electron chi connectivity index (χ3n) is 5.11. The lowest BCUT2D eigenvalue weighted by molar-refractivity contribution is 0.873. The monoisotopic (exact) mass is 340 g/mol. The molecule has 26 heavy (non-hydrogen) atoms. The number of nitrogens with zero attached hydrogens (tertiary/aromatic N) is 2. The Bertz CT molecular complexity index is 1090. The fourth-order valence-corrected chi connectivity index (χ4v) is 3.68. The van der Waals surface area contributed by atoms with Crippen LogP contribution in [0.3, 0.4) is 0 Å². The molecular weight excluding hydrogens is 316 g/mol. The van der Waals surface area contributed by atoms with E-state index in [-0.39, 0.29) is 0 Å². The van der Waals surface area contributed by atoms with Gasteiger partial charge in [0, 0.05) is 34.9 Å². The van der Waals surface area contributed by atoms with Crippen LogP contribution in [0.1, 0.15) is 50.7 Å². The minimum Gasteiger partial charge on any atom is -0.264 e. The van der Waals surface area contributed by atoms with Gasteiger partial charge in [-0.2, -0.15) is 0 Å². The number of pyridine rings is 2. The van der Waals surface area contributed by atoms with Crippen LogP contribution in [0, 0.1) is 0 Å². The van der Waals surface area contributed by atoms with Crippen molar-refractivity contribution in [1.82, 2.24) is 9.97 Å². The number of hydrogen-bond donors (Lipinski definition) is 0. The highest BCUT2D eigenvalue weighted by Crippen LogP contribution is 2.33. The molecular formula is C24H24N2. The normalized spacial score (nSPS) is 11.8. The number of rotatable bonds is 3. The highest BCUT2D eigenvalue weighted by molar-refractivity contribution is 5.92. The maximum atomic E-state index is 4.82. The predicted octanol–water partition coefficient (Wildman–Crippen LogP) is 6.70. The average Bonchev–Trinajstić information content (AvgIpc) is 2.65. The van der Waals surface area contributed by atoms with Gasteiger partial charge in [0.25, 0.3) is 0 Å². The Hall–Kier alpha value is -2.74. The molecule has 2 aromatic carbocycles. The zero-order valence-corrected chi connectivity index (χ0v) is 15.8. The van der Waals surface area contributed by atoms with Gasteiger partial charge in [0.15, 0.2) is 0 Å². The molecule has 0 aliphatic heterocycles. The lowest BCUT2D eigenvalue weighted by atomic mass is 9.92. The minimum absolute atomic E-state index is 0.447. The number of aromatic nitrogens is 2. The van der Waals surface area contributed by atoms with Crippen molar-refractivity contribution in [3.8, 4) is 11.1 Å².